The van der Waals surface area contributed by atoms with Gasteiger partial charge in [-0.25, -0.2) is 9.97 Å². The van der Waals surface area contributed by atoms with Gasteiger partial charge in [0.15, 0.2) is 0 Å². The first-order valence-electron chi connectivity index (χ1n) is 12.4. The van der Waals surface area contributed by atoms with E-state index in [1.54, 1.807) is 25.3 Å². The van der Waals surface area contributed by atoms with Gasteiger partial charge in [0.05, 0.1) is 11.6 Å². The number of rotatable bonds is 7. The molecule has 0 spiro atoms. The number of hydrogen-bond donors (Lipinski definition) is 1. The van der Waals surface area contributed by atoms with E-state index in [0.29, 0.717) is 24.7 Å². The summed E-state index contributed by atoms with van der Waals surface area (Å²) < 4.78 is 24.0. The molecule has 39 heavy (non-hydrogen) atoms. The zero-order chi connectivity index (χ0) is 27.4. The van der Waals surface area contributed by atoms with E-state index < -0.39 is 11.3 Å². The monoisotopic (exact) mass is 540 g/mol. The van der Waals surface area contributed by atoms with E-state index in [-0.39, 0.29) is 12.5 Å². The SMILES string of the molecule is CC(=O)N1CCN(c2cccc(Nc3ncc4cccc(-c5ccc(N(CC#N)S(=O)[O-])cc5)c4n3)c2)CC1. The number of fused-ring (bicyclic) bond motifs is 1. The number of carbonyl (C=O) groups is 1. The standard InChI is InChI=1S/C28H27N7O3S/c1-20(36)33-14-16-34(17-15-33)25-6-3-5-23(18-25)31-28-30-19-22-4-2-7-26(27(22)32-28)21-8-10-24(11-9-21)35(13-12-29)39(37)38/h2-11,18-19H,13-17H2,1H3,(H,37,38)(H,30,31,32)/p-1. The van der Waals surface area contributed by atoms with Gasteiger partial charge in [-0.1, -0.05) is 36.4 Å². The molecule has 1 N–H and O–H groups in total. The van der Waals surface area contributed by atoms with Crippen LogP contribution in [0.2, 0.25) is 0 Å². The van der Waals surface area contributed by atoms with E-state index in [1.807, 2.05) is 53.4 Å². The van der Waals surface area contributed by atoms with Gasteiger partial charge >= 0.3 is 0 Å². The highest BCUT2D eigenvalue weighted by molar-refractivity contribution is 7.80. The molecule has 1 fully saturated rings. The molecule has 3 aromatic carbocycles. The first-order chi connectivity index (χ1) is 18.9. The molecular weight excluding hydrogens is 514 g/mol. The van der Waals surface area contributed by atoms with E-state index in [9.17, 15) is 13.6 Å². The fourth-order valence-corrected chi connectivity index (χ4v) is 5.10. The van der Waals surface area contributed by atoms with Crippen LogP contribution in [0, 0.1) is 11.3 Å². The lowest BCUT2D eigenvalue weighted by Crippen LogP contribution is -2.48. The van der Waals surface area contributed by atoms with Gasteiger partial charge in [-0.15, -0.1) is 0 Å². The van der Waals surface area contributed by atoms with Crippen molar-refractivity contribution < 1.29 is 13.6 Å². The number of anilines is 4. The van der Waals surface area contributed by atoms with E-state index in [2.05, 4.69) is 27.3 Å². The lowest BCUT2D eigenvalue weighted by Gasteiger charge is -2.35. The van der Waals surface area contributed by atoms with Crippen molar-refractivity contribution in [3.63, 3.8) is 0 Å². The Labute approximate surface area is 228 Å². The van der Waals surface area contributed by atoms with Gasteiger partial charge in [0.25, 0.3) is 0 Å². The van der Waals surface area contributed by atoms with Gasteiger partial charge < -0.3 is 19.7 Å². The topological polar surface area (TPSA) is 129 Å². The summed E-state index contributed by atoms with van der Waals surface area (Å²) in [6.45, 7) is 4.30. The highest BCUT2D eigenvalue weighted by Gasteiger charge is 2.19. The van der Waals surface area contributed by atoms with Crippen LogP contribution in [0.25, 0.3) is 22.0 Å². The number of benzene rings is 3. The van der Waals surface area contributed by atoms with Gasteiger partial charge in [-0.05, 0) is 35.9 Å². The molecule has 1 saturated heterocycles. The Bertz CT molecular complexity index is 1560. The average Bonchev–Trinajstić information content (AvgIpc) is 2.96. The van der Waals surface area contributed by atoms with Crippen molar-refractivity contribution in [2.45, 2.75) is 6.92 Å². The smallest absolute Gasteiger partial charge is 0.227 e. The molecular formula is C28H26N7O3S-. The number of piperazine rings is 1. The number of nitriles is 1. The van der Waals surface area contributed by atoms with Crippen molar-refractivity contribution >= 4 is 51.1 Å². The third-order valence-corrected chi connectivity index (χ3v) is 7.36. The summed E-state index contributed by atoms with van der Waals surface area (Å²) >= 11 is -2.54. The summed E-state index contributed by atoms with van der Waals surface area (Å²) in [5, 5.41) is 13.1. The molecule has 1 amide bonds. The van der Waals surface area contributed by atoms with Crippen molar-refractivity contribution in [2.24, 2.45) is 0 Å². The van der Waals surface area contributed by atoms with Crippen molar-refractivity contribution in [3.05, 3.63) is 72.9 Å². The molecule has 0 aliphatic carbocycles. The molecule has 0 bridgehead atoms. The summed E-state index contributed by atoms with van der Waals surface area (Å²) in [5.41, 5.74) is 4.81. The minimum Gasteiger partial charge on any atom is -0.755 e. The van der Waals surface area contributed by atoms with Gasteiger partial charge in [0, 0.05) is 78.6 Å². The van der Waals surface area contributed by atoms with Crippen LogP contribution in [0.5, 0.6) is 0 Å². The molecule has 1 atom stereocenters. The predicted molar refractivity (Wildman–Crippen MR) is 151 cm³/mol. The second-order valence-corrected chi connectivity index (χ2v) is 9.94. The van der Waals surface area contributed by atoms with E-state index in [0.717, 1.165) is 50.8 Å². The van der Waals surface area contributed by atoms with Crippen LogP contribution in [0.3, 0.4) is 0 Å². The Morgan fingerprint density at radius 3 is 2.54 bits per heavy atom. The number of para-hydroxylation sites is 1. The van der Waals surface area contributed by atoms with Gasteiger partial charge in [0.1, 0.15) is 6.54 Å². The van der Waals surface area contributed by atoms with Crippen LogP contribution < -0.4 is 14.5 Å². The minimum absolute atomic E-state index is 0.105. The van der Waals surface area contributed by atoms with Crippen LogP contribution >= 0.6 is 0 Å². The summed E-state index contributed by atoms with van der Waals surface area (Å²) in [5.74, 6) is 0.556. The Morgan fingerprint density at radius 2 is 1.85 bits per heavy atom. The van der Waals surface area contributed by atoms with Crippen molar-refractivity contribution in [3.8, 4) is 17.2 Å². The number of carbonyl (C=O) groups excluding carboxylic acids is 1. The zero-order valence-electron chi connectivity index (χ0n) is 21.3. The summed E-state index contributed by atoms with van der Waals surface area (Å²) in [6.07, 6.45) is 1.77. The highest BCUT2D eigenvalue weighted by atomic mass is 32.2. The molecule has 5 rings (SSSR count). The number of aromatic nitrogens is 2. The van der Waals surface area contributed by atoms with E-state index in [1.165, 1.54) is 0 Å². The Morgan fingerprint density at radius 1 is 1.10 bits per heavy atom. The van der Waals surface area contributed by atoms with Gasteiger partial charge in [-0.3, -0.25) is 13.3 Å². The Kier molecular flexibility index (Phi) is 7.67. The first kappa shape index (κ1) is 26.1. The number of nitrogens with one attached hydrogen (secondary N) is 1. The summed E-state index contributed by atoms with van der Waals surface area (Å²) in [4.78, 5) is 25.1. The first-order valence-corrected chi connectivity index (χ1v) is 13.4. The zero-order valence-corrected chi connectivity index (χ0v) is 22.1. The maximum atomic E-state index is 11.6. The highest BCUT2D eigenvalue weighted by Crippen LogP contribution is 2.30. The lowest BCUT2D eigenvalue weighted by atomic mass is 10.0. The van der Waals surface area contributed by atoms with Crippen LogP contribution in [0.4, 0.5) is 23.0 Å². The second kappa shape index (κ2) is 11.5. The molecule has 10 nitrogen and oxygen atoms in total. The normalized spacial score (nSPS) is 14.1. The fourth-order valence-electron chi connectivity index (χ4n) is 4.64. The van der Waals surface area contributed by atoms with Crippen molar-refractivity contribution in [1.82, 2.24) is 14.9 Å². The molecule has 1 aromatic heterocycles. The molecule has 1 unspecified atom stereocenters. The molecule has 1 aliphatic rings. The summed E-state index contributed by atoms with van der Waals surface area (Å²) in [7, 11) is 0. The summed E-state index contributed by atoms with van der Waals surface area (Å²) in [6, 6.07) is 22.7. The van der Waals surface area contributed by atoms with Crippen LogP contribution in [0.1, 0.15) is 6.92 Å². The molecule has 0 saturated carbocycles. The third kappa shape index (κ3) is 5.82. The van der Waals surface area contributed by atoms with Crippen LogP contribution in [-0.2, 0) is 16.1 Å². The Balaban J connectivity index is 1.38. The van der Waals surface area contributed by atoms with Gasteiger partial charge in [0.2, 0.25) is 11.9 Å². The molecule has 0 radical (unpaired) electrons. The maximum Gasteiger partial charge on any atom is 0.227 e. The van der Waals surface area contributed by atoms with Crippen molar-refractivity contribution in [2.75, 3.05) is 47.2 Å². The predicted octanol–water partition coefficient (Wildman–Crippen LogP) is 3.83. The quantitative estimate of drug-likeness (QED) is 0.277. The number of nitrogens with zero attached hydrogens (tertiary/aromatic N) is 6. The van der Waals surface area contributed by atoms with Crippen LogP contribution in [-0.4, -0.2) is 62.3 Å². The molecule has 11 heteroatoms. The van der Waals surface area contributed by atoms with E-state index in [4.69, 9.17) is 10.2 Å². The number of amides is 1. The second-order valence-electron chi connectivity index (χ2n) is 9.06. The molecule has 2 heterocycles. The lowest BCUT2D eigenvalue weighted by molar-refractivity contribution is -0.129. The molecule has 1 aliphatic heterocycles. The molecule has 198 valence electrons. The average molecular weight is 541 g/mol. The Hall–Kier alpha value is -4.53. The van der Waals surface area contributed by atoms with Gasteiger partial charge in [-0.2, -0.15) is 5.26 Å². The molecule has 4 aromatic rings. The van der Waals surface area contributed by atoms with E-state index >= 15 is 0 Å². The largest absolute Gasteiger partial charge is 0.755 e. The fraction of sp³-hybridized carbons (Fsp3) is 0.214. The van der Waals surface area contributed by atoms with Crippen LogP contribution in [0.15, 0.2) is 72.9 Å². The number of hydrogen-bond acceptors (Lipinski definition) is 8. The minimum atomic E-state index is -2.54. The van der Waals surface area contributed by atoms with Crippen molar-refractivity contribution in [1.29, 1.82) is 5.26 Å². The third-order valence-electron chi connectivity index (χ3n) is 6.66. The maximum absolute atomic E-state index is 11.6.